The predicted octanol–water partition coefficient (Wildman–Crippen LogP) is 5.23. The second-order valence-corrected chi connectivity index (χ2v) is 11.7. The molecule has 0 radical (unpaired) electrons. The van der Waals surface area contributed by atoms with Gasteiger partial charge in [0.25, 0.3) is 0 Å². The summed E-state index contributed by atoms with van der Waals surface area (Å²) in [6.07, 6.45) is 11.9. The number of fused-ring (bicyclic) bond motifs is 5. The average Bonchev–Trinajstić information content (AvgIpc) is 2.97. The van der Waals surface area contributed by atoms with Crippen molar-refractivity contribution in [2.45, 2.75) is 72.1 Å². The van der Waals surface area contributed by atoms with Crippen LogP contribution in [0, 0.1) is 46.3 Å². The molecule has 3 unspecified atom stereocenters. The Hall–Kier alpha value is -0.110. The Bertz CT molecular complexity index is 617. The fraction of sp³-hybridized carbons (Fsp3) is 0.909. The van der Waals surface area contributed by atoms with Gasteiger partial charge in [-0.05, 0) is 97.7 Å². The molecule has 4 aliphatic rings. The van der Waals surface area contributed by atoms with E-state index in [1.54, 1.807) is 0 Å². The SMILES string of the molecule is CC(CO)[C@H]1CC[C@H]2[C@@H]3CCC4C=C([PH](=O)O)CC[C@]4(C)[C@H]3CC[C@]12C. The van der Waals surface area contributed by atoms with Gasteiger partial charge in [0.1, 0.15) is 0 Å². The van der Waals surface area contributed by atoms with Crippen molar-refractivity contribution < 1.29 is 14.6 Å². The van der Waals surface area contributed by atoms with Crippen LogP contribution in [-0.4, -0.2) is 16.6 Å². The van der Waals surface area contributed by atoms with E-state index in [2.05, 4.69) is 26.8 Å². The highest BCUT2D eigenvalue weighted by molar-refractivity contribution is 7.43. The standard InChI is InChI=1S/C22H37O3P/c1-14(13-23)18-6-7-19-17-5-4-15-12-16(26(24)25)8-10-21(15,2)20(17)9-11-22(18,19)3/h12,14-15,17-20,23,26H,4-11,13H2,1-3H3,(H,24,25)/t14?,15?,17-,18+,19-,20-,21-,22+/m0/s1. The topological polar surface area (TPSA) is 57.5 Å². The van der Waals surface area contributed by atoms with Crippen molar-refractivity contribution >= 4 is 8.03 Å². The minimum Gasteiger partial charge on any atom is -0.396 e. The lowest BCUT2D eigenvalue weighted by Crippen LogP contribution is -2.52. The Morgan fingerprint density at radius 2 is 1.85 bits per heavy atom. The van der Waals surface area contributed by atoms with Crippen molar-refractivity contribution in [3.8, 4) is 0 Å². The van der Waals surface area contributed by atoms with E-state index in [9.17, 15) is 14.6 Å². The lowest BCUT2D eigenvalue weighted by Gasteiger charge is -2.60. The van der Waals surface area contributed by atoms with Gasteiger partial charge >= 0.3 is 0 Å². The molecule has 0 aliphatic heterocycles. The molecule has 3 fully saturated rings. The molecule has 26 heavy (non-hydrogen) atoms. The fourth-order valence-electron chi connectivity index (χ4n) is 8.14. The van der Waals surface area contributed by atoms with Crippen molar-refractivity contribution in [1.82, 2.24) is 0 Å². The molecule has 3 nitrogen and oxygen atoms in total. The largest absolute Gasteiger partial charge is 0.396 e. The highest BCUT2D eigenvalue weighted by Gasteiger charge is 2.60. The third-order valence-corrected chi connectivity index (χ3v) is 10.6. The van der Waals surface area contributed by atoms with Crippen LogP contribution >= 0.6 is 8.03 Å². The number of aliphatic hydroxyl groups excluding tert-OH is 1. The van der Waals surface area contributed by atoms with Crippen molar-refractivity contribution in [1.29, 1.82) is 0 Å². The summed E-state index contributed by atoms with van der Waals surface area (Å²) in [5.41, 5.74) is 0.740. The molecular weight excluding hydrogens is 343 g/mol. The zero-order valence-electron chi connectivity index (χ0n) is 16.7. The quantitative estimate of drug-likeness (QED) is 0.659. The first kappa shape index (κ1) is 19.2. The summed E-state index contributed by atoms with van der Waals surface area (Å²) in [5, 5.41) is 10.6. The van der Waals surface area contributed by atoms with E-state index in [4.69, 9.17) is 0 Å². The summed E-state index contributed by atoms with van der Waals surface area (Å²) in [6, 6.07) is 0. The highest BCUT2D eigenvalue weighted by atomic mass is 31.1. The van der Waals surface area contributed by atoms with Crippen LogP contribution in [0.2, 0.25) is 0 Å². The molecule has 9 atom stereocenters. The predicted molar refractivity (Wildman–Crippen MR) is 106 cm³/mol. The summed E-state index contributed by atoms with van der Waals surface area (Å²) >= 11 is 0. The summed E-state index contributed by atoms with van der Waals surface area (Å²) in [6.45, 7) is 7.59. The smallest absolute Gasteiger partial charge is 0.213 e. The third kappa shape index (κ3) is 2.72. The van der Waals surface area contributed by atoms with Gasteiger partial charge in [-0.3, -0.25) is 4.57 Å². The van der Waals surface area contributed by atoms with E-state index in [1.165, 1.54) is 38.5 Å². The fourth-order valence-corrected chi connectivity index (χ4v) is 8.82. The molecule has 0 aromatic rings. The molecule has 4 aliphatic carbocycles. The van der Waals surface area contributed by atoms with Crippen molar-refractivity contribution in [3.05, 3.63) is 11.4 Å². The van der Waals surface area contributed by atoms with Gasteiger partial charge in [0, 0.05) is 11.9 Å². The highest BCUT2D eigenvalue weighted by Crippen LogP contribution is 2.68. The summed E-state index contributed by atoms with van der Waals surface area (Å²) in [5.74, 6) is 4.04. The van der Waals surface area contributed by atoms with Gasteiger partial charge in [-0.2, -0.15) is 0 Å². The molecule has 0 bridgehead atoms. The van der Waals surface area contributed by atoms with E-state index in [-0.39, 0.29) is 0 Å². The van der Waals surface area contributed by atoms with E-state index < -0.39 is 8.03 Å². The molecule has 0 saturated heterocycles. The maximum atomic E-state index is 11.6. The number of rotatable bonds is 3. The zero-order valence-corrected chi connectivity index (χ0v) is 17.7. The summed E-state index contributed by atoms with van der Waals surface area (Å²) in [4.78, 5) is 9.60. The number of hydrogen-bond donors (Lipinski definition) is 2. The number of allylic oxidation sites excluding steroid dienone is 2. The van der Waals surface area contributed by atoms with Gasteiger partial charge in [-0.25, -0.2) is 0 Å². The van der Waals surface area contributed by atoms with Crippen LogP contribution in [0.3, 0.4) is 0 Å². The molecular formula is C22H37O3P. The van der Waals surface area contributed by atoms with Crippen LogP contribution in [0.25, 0.3) is 0 Å². The van der Waals surface area contributed by atoms with E-state index in [1.807, 2.05) is 0 Å². The Balaban J connectivity index is 1.60. The molecule has 0 aromatic heterocycles. The molecule has 0 heterocycles. The van der Waals surface area contributed by atoms with Gasteiger partial charge in [-0.15, -0.1) is 0 Å². The third-order valence-electron chi connectivity index (χ3n) is 9.60. The molecule has 148 valence electrons. The molecule has 4 rings (SSSR count). The monoisotopic (exact) mass is 380 g/mol. The summed E-state index contributed by atoms with van der Waals surface area (Å²) in [7, 11) is -2.50. The van der Waals surface area contributed by atoms with Gasteiger partial charge < -0.3 is 10.00 Å². The second kappa shape index (κ2) is 6.75. The maximum Gasteiger partial charge on any atom is 0.213 e. The lowest BCUT2D eigenvalue weighted by atomic mass is 9.45. The van der Waals surface area contributed by atoms with E-state index >= 15 is 0 Å². The molecule has 4 heteroatoms. The van der Waals surface area contributed by atoms with Gasteiger partial charge in [0.05, 0.1) is 0 Å². The Kier molecular flexibility index (Phi) is 4.99. The Morgan fingerprint density at radius 1 is 1.12 bits per heavy atom. The van der Waals surface area contributed by atoms with Crippen molar-refractivity contribution in [2.75, 3.05) is 6.61 Å². The van der Waals surface area contributed by atoms with Gasteiger partial charge in [0.2, 0.25) is 8.03 Å². The van der Waals surface area contributed by atoms with E-state index in [0.29, 0.717) is 35.2 Å². The summed E-state index contributed by atoms with van der Waals surface area (Å²) < 4.78 is 11.6. The van der Waals surface area contributed by atoms with Crippen LogP contribution in [0.4, 0.5) is 0 Å². The average molecular weight is 381 g/mol. The minimum absolute atomic E-state index is 0.325. The number of aliphatic hydroxyl groups is 1. The normalized spacial score (nSPS) is 50.2. The van der Waals surface area contributed by atoms with Crippen molar-refractivity contribution in [2.24, 2.45) is 46.3 Å². The Labute approximate surface area is 159 Å². The maximum absolute atomic E-state index is 11.6. The van der Waals surface area contributed by atoms with Gasteiger partial charge in [-0.1, -0.05) is 26.8 Å². The Morgan fingerprint density at radius 3 is 2.54 bits per heavy atom. The second-order valence-electron chi connectivity index (χ2n) is 10.5. The number of hydrogen-bond acceptors (Lipinski definition) is 2. The molecule has 0 amide bonds. The van der Waals surface area contributed by atoms with Crippen LogP contribution in [-0.2, 0) is 4.57 Å². The van der Waals surface area contributed by atoms with Crippen LogP contribution < -0.4 is 0 Å². The van der Waals surface area contributed by atoms with Crippen LogP contribution in [0.5, 0.6) is 0 Å². The van der Waals surface area contributed by atoms with E-state index in [0.717, 1.165) is 35.9 Å². The lowest BCUT2D eigenvalue weighted by molar-refractivity contribution is -0.0972. The minimum atomic E-state index is -2.50. The first-order valence-corrected chi connectivity index (χ1v) is 12.2. The van der Waals surface area contributed by atoms with Gasteiger partial charge in [0.15, 0.2) is 0 Å². The first-order chi connectivity index (χ1) is 12.3. The first-order valence-electron chi connectivity index (χ1n) is 10.9. The van der Waals surface area contributed by atoms with Crippen LogP contribution in [0.15, 0.2) is 11.4 Å². The molecule has 3 saturated carbocycles. The molecule has 0 spiro atoms. The molecule has 2 N–H and O–H groups in total. The van der Waals surface area contributed by atoms with Crippen molar-refractivity contribution in [3.63, 3.8) is 0 Å². The van der Waals surface area contributed by atoms with Crippen LogP contribution in [0.1, 0.15) is 72.1 Å². The zero-order chi connectivity index (χ0) is 18.7. The molecule has 0 aromatic carbocycles.